The molecule has 0 spiro atoms. The Bertz CT molecular complexity index is 1060. The van der Waals surface area contributed by atoms with Gasteiger partial charge >= 0.3 is 0 Å². The number of amides is 1. The van der Waals surface area contributed by atoms with Crippen LogP contribution in [0.15, 0.2) is 77.3 Å². The predicted molar refractivity (Wildman–Crippen MR) is 136 cm³/mol. The largest absolute Gasteiger partial charge is 0.493 e. The van der Waals surface area contributed by atoms with Crippen LogP contribution in [-0.2, 0) is 0 Å². The summed E-state index contributed by atoms with van der Waals surface area (Å²) in [7, 11) is 0. The highest BCUT2D eigenvalue weighted by molar-refractivity contribution is 9.10. The number of hydrogen-bond acceptors (Lipinski definition) is 4. The van der Waals surface area contributed by atoms with Crippen molar-refractivity contribution in [2.24, 2.45) is 5.92 Å². The molecule has 0 bridgehead atoms. The molecule has 32 heavy (non-hydrogen) atoms. The van der Waals surface area contributed by atoms with Gasteiger partial charge in [0.25, 0.3) is 5.91 Å². The Hall–Kier alpha value is -2.90. The van der Waals surface area contributed by atoms with E-state index in [9.17, 15) is 4.79 Å². The average molecular weight is 513 g/mol. The number of thiocarbonyl (C=S) groups is 1. The zero-order chi connectivity index (χ0) is 22.9. The molecule has 0 saturated carbocycles. The van der Waals surface area contributed by atoms with E-state index in [1.54, 1.807) is 12.1 Å². The summed E-state index contributed by atoms with van der Waals surface area (Å²) in [4.78, 5) is 12.8. The van der Waals surface area contributed by atoms with Gasteiger partial charge in [0.2, 0.25) is 0 Å². The lowest BCUT2D eigenvalue weighted by molar-refractivity contribution is 0.0973. The van der Waals surface area contributed by atoms with Crippen molar-refractivity contribution in [2.75, 3.05) is 11.9 Å². The minimum Gasteiger partial charge on any atom is -0.493 e. The fraction of sp³-hybridized carbons (Fsp3) is 0.200. The monoisotopic (exact) mass is 512 g/mol. The minimum absolute atomic E-state index is 0.194. The lowest BCUT2D eigenvalue weighted by Crippen LogP contribution is -2.34. The molecule has 3 aromatic rings. The van der Waals surface area contributed by atoms with Gasteiger partial charge in [0.15, 0.2) is 5.11 Å². The fourth-order valence-electron chi connectivity index (χ4n) is 2.77. The normalized spacial score (nSPS) is 10.5. The van der Waals surface area contributed by atoms with Crippen LogP contribution in [0.4, 0.5) is 5.69 Å². The van der Waals surface area contributed by atoms with Crippen molar-refractivity contribution in [1.82, 2.24) is 5.32 Å². The SMILES string of the molecule is CC(C)CCOc1ccc(Br)cc1C(=O)NC(=S)Nc1ccc(Oc2ccccc2)cc1. The van der Waals surface area contributed by atoms with Crippen LogP contribution in [0, 0.1) is 5.92 Å². The predicted octanol–water partition coefficient (Wildman–Crippen LogP) is 6.79. The zero-order valence-corrected chi connectivity index (χ0v) is 20.3. The molecule has 3 aromatic carbocycles. The van der Waals surface area contributed by atoms with Crippen LogP contribution in [0.25, 0.3) is 0 Å². The molecule has 0 aliphatic rings. The van der Waals surface area contributed by atoms with Crippen LogP contribution < -0.4 is 20.1 Å². The number of carbonyl (C=O) groups excluding carboxylic acids is 1. The molecular formula is C25H25BrN2O3S. The summed E-state index contributed by atoms with van der Waals surface area (Å²) < 4.78 is 12.4. The topological polar surface area (TPSA) is 59.6 Å². The van der Waals surface area contributed by atoms with Gasteiger partial charge in [-0.3, -0.25) is 10.1 Å². The first-order valence-corrected chi connectivity index (χ1v) is 11.5. The number of carbonyl (C=O) groups is 1. The molecule has 166 valence electrons. The van der Waals surface area contributed by atoms with Gasteiger partial charge in [-0.2, -0.15) is 0 Å². The quantitative estimate of drug-likeness (QED) is 0.325. The molecule has 1 amide bonds. The Balaban J connectivity index is 1.59. The summed E-state index contributed by atoms with van der Waals surface area (Å²) in [5.74, 6) is 2.17. The van der Waals surface area contributed by atoms with Crippen LogP contribution in [0.2, 0.25) is 0 Å². The number of para-hydroxylation sites is 1. The van der Waals surface area contributed by atoms with Gasteiger partial charge in [-0.25, -0.2) is 0 Å². The van der Waals surface area contributed by atoms with Crippen molar-refractivity contribution in [3.63, 3.8) is 0 Å². The van der Waals surface area contributed by atoms with Gasteiger partial charge in [0.1, 0.15) is 17.2 Å². The summed E-state index contributed by atoms with van der Waals surface area (Å²) in [6, 6.07) is 22.2. The minimum atomic E-state index is -0.340. The number of ether oxygens (including phenoxy) is 2. The number of rotatable bonds is 8. The van der Waals surface area contributed by atoms with E-state index in [0.717, 1.165) is 22.3 Å². The molecular weight excluding hydrogens is 488 g/mol. The lowest BCUT2D eigenvalue weighted by atomic mass is 10.1. The van der Waals surface area contributed by atoms with Crippen molar-refractivity contribution in [3.8, 4) is 17.2 Å². The number of halogens is 1. The van der Waals surface area contributed by atoms with Gasteiger partial charge in [-0.05, 0) is 79.2 Å². The second kappa shape index (κ2) is 11.6. The summed E-state index contributed by atoms with van der Waals surface area (Å²) in [5.41, 5.74) is 1.15. The fourth-order valence-corrected chi connectivity index (χ4v) is 3.35. The highest BCUT2D eigenvalue weighted by atomic mass is 79.9. The van der Waals surface area contributed by atoms with Gasteiger partial charge in [0.05, 0.1) is 12.2 Å². The van der Waals surface area contributed by atoms with Crippen molar-refractivity contribution >= 4 is 44.9 Å². The Morgan fingerprint density at radius 3 is 2.38 bits per heavy atom. The third kappa shape index (κ3) is 7.35. The van der Waals surface area contributed by atoms with E-state index in [2.05, 4.69) is 40.4 Å². The number of nitrogens with one attached hydrogen (secondary N) is 2. The number of anilines is 1. The van der Waals surface area contributed by atoms with E-state index in [0.29, 0.717) is 29.6 Å². The average Bonchev–Trinajstić information content (AvgIpc) is 2.76. The highest BCUT2D eigenvalue weighted by Crippen LogP contribution is 2.25. The van der Waals surface area contributed by atoms with Crippen molar-refractivity contribution in [1.29, 1.82) is 0 Å². The maximum absolute atomic E-state index is 12.8. The van der Waals surface area contributed by atoms with Crippen LogP contribution in [0.5, 0.6) is 17.2 Å². The second-order valence-electron chi connectivity index (χ2n) is 7.52. The molecule has 0 aromatic heterocycles. The Morgan fingerprint density at radius 2 is 1.69 bits per heavy atom. The van der Waals surface area contributed by atoms with Crippen molar-refractivity contribution in [2.45, 2.75) is 20.3 Å². The van der Waals surface area contributed by atoms with E-state index in [1.165, 1.54) is 0 Å². The van der Waals surface area contributed by atoms with E-state index in [4.69, 9.17) is 21.7 Å². The van der Waals surface area contributed by atoms with Crippen LogP contribution in [0.3, 0.4) is 0 Å². The summed E-state index contributed by atoms with van der Waals surface area (Å²) in [6.07, 6.45) is 0.904. The van der Waals surface area contributed by atoms with Crippen molar-refractivity contribution in [3.05, 3.63) is 82.8 Å². The molecule has 3 rings (SSSR count). The van der Waals surface area contributed by atoms with Gasteiger partial charge < -0.3 is 14.8 Å². The van der Waals surface area contributed by atoms with Gasteiger partial charge in [-0.1, -0.05) is 48.0 Å². The molecule has 0 aliphatic carbocycles. The summed E-state index contributed by atoms with van der Waals surface area (Å²) in [5, 5.41) is 5.93. The molecule has 0 fully saturated rings. The molecule has 0 aliphatic heterocycles. The van der Waals surface area contributed by atoms with Crippen LogP contribution in [0.1, 0.15) is 30.6 Å². The Kier molecular flexibility index (Phi) is 8.64. The Morgan fingerprint density at radius 1 is 1.00 bits per heavy atom. The standard InChI is InChI=1S/C25H25BrN2O3S/c1-17(2)14-15-30-23-13-8-18(26)16-22(23)24(29)28-25(32)27-19-9-11-21(12-10-19)31-20-6-4-3-5-7-20/h3-13,16-17H,14-15H2,1-2H3,(H2,27,28,29,32). The van der Waals surface area contributed by atoms with Crippen LogP contribution in [-0.4, -0.2) is 17.6 Å². The molecule has 2 N–H and O–H groups in total. The first-order chi connectivity index (χ1) is 15.4. The van der Waals surface area contributed by atoms with Gasteiger partial charge in [-0.15, -0.1) is 0 Å². The lowest BCUT2D eigenvalue weighted by Gasteiger charge is -2.14. The molecule has 0 heterocycles. The zero-order valence-electron chi connectivity index (χ0n) is 17.9. The first kappa shape index (κ1) is 23.8. The third-order valence-electron chi connectivity index (χ3n) is 4.46. The number of benzene rings is 3. The molecule has 7 heteroatoms. The van der Waals surface area contributed by atoms with E-state index >= 15 is 0 Å². The maximum atomic E-state index is 12.8. The molecule has 0 atom stereocenters. The van der Waals surface area contributed by atoms with Crippen LogP contribution >= 0.6 is 28.1 Å². The third-order valence-corrected chi connectivity index (χ3v) is 5.15. The van der Waals surface area contributed by atoms with Crippen molar-refractivity contribution < 1.29 is 14.3 Å². The second-order valence-corrected chi connectivity index (χ2v) is 8.84. The summed E-state index contributed by atoms with van der Waals surface area (Å²) >= 11 is 8.73. The van der Waals surface area contributed by atoms with E-state index in [-0.39, 0.29) is 11.0 Å². The molecule has 5 nitrogen and oxygen atoms in total. The molecule has 0 saturated heterocycles. The maximum Gasteiger partial charge on any atom is 0.261 e. The molecule has 0 unspecified atom stereocenters. The number of hydrogen-bond donors (Lipinski definition) is 2. The van der Waals surface area contributed by atoms with E-state index in [1.807, 2.05) is 60.7 Å². The smallest absolute Gasteiger partial charge is 0.261 e. The first-order valence-electron chi connectivity index (χ1n) is 10.3. The molecule has 0 radical (unpaired) electrons. The Labute approximate surface area is 202 Å². The highest BCUT2D eigenvalue weighted by Gasteiger charge is 2.15. The summed E-state index contributed by atoms with van der Waals surface area (Å²) in [6.45, 7) is 4.80. The van der Waals surface area contributed by atoms with Gasteiger partial charge in [0, 0.05) is 10.2 Å². The van der Waals surface area contributed by atoms with E-state index < -0.39 is 0 Å².